The van der Waals surface area contributed by atoms with Gasteiger partial charge in [0.25, 0.3) is 0 Å². The van der Waals surface area contributed by atoms with Crippen LogP contribution in [-0.2, 0) is 12.8 Å². The van der Waals surface area contributed by atoms with Gasteiger partial charge in [-0.3, -0.25) is 0 Å². The summed E-state index contributed by atoms with van der Waals surface area (Å²) < 4.78 is 22.7. The van der Waals surface area contributed by atoms with E-state index in [2.05, 4.69) is 36.5 Å². The molecule has 6 heteroatoms. The zero-order valence-corrected chi connectivity index (χ0v) is 20.0. The summed E-state index contributed by atoms with van der Waals surface area (Å²) in [6, 6.07) is 7.77. The van der Waals surface area contributed by atoms with Crippen molar-refractivity contribution in [3.63, 3.8) is 0 Å². The van der Waals surface area contributed by atoms with Gasteiger partial charge in [0.05, 0.1) is 26.6 Å². The van der Waals surface area contributed by atoms with E-state index in [1.165, 1.54) is 0 Å². The van der Waals surface area contributed by atoms with Crippen LogP contribution in [0.2, 0.25) is 0 Å². The Hall–Kier alpha value is -4.06. The summed E-state index contributed by atoms with van der Waals surface area (Å²) >= 11 is 0. The summed E-state index contributed by atoms with van der Waals surface area (Å²) in [5.74, 6) is 2.35. The van der Waals surface area contributed by atoms with E-state index in [1.54, 1.807) is 38.8 Å². The maximum atomic E-state index is 5.83. The first-order valence-corrected chi connectivity index (χ1v) is 10.8. The van der Waals surface area contributed by atoms with Gasteiger partial charge in [0, 0.05) is 11.1 Å². The number of methoxy groups -OCH3 is 2. The van der Waals surface area contributed by atoms with Crippen molar-refractivity contribution >= 4 is 12.4 Å². The monoisotopic (exact) mass is 460 g/mol. The second kappa shape index (κ2) is 14.2. The average Bonchev–Trinajstić information content (AvgIpc) is 2.84. The van der Waals surface area contributed by atoms with Crippen molar-refractivity contribution in [2.45, 2.75) is 12.8 Å². The summed E-state index contributed by atoms with van der Waals surface area (Å²) in [7, 11) is 3.20. The van der Waals surface area contributed by atoms with E-state index in [0.29, 0.717) is 49.1 Å². The number of nitrogens with zero attached hydrogens (tertiary/aromatic N) is 2. The van der Waals surface area contributed by atoms with Crippen molar-refractivity contribution in [1.82, 2.24) is 0 Å². The molecule has 0 aliphatic carbocycles. The molecule has 34 heavy (non-hydrogen) atoms. The van der Waals surface area contributed by atoms with Crippen LogP contribution in [0, 0.1) is 0 Å². The molecule has 0 N–H and O–H groups in total. The molecule has 0 radical (unpaired) electrons. The molecule has 0 spiro atoms. The minimum atomic E-state index is 0.334. The predicted octanol–water partition coefficient (Wildman–Crippen LogP) is 5.74. The molecule has 2 aromatic carbocycles. The predicted molar refractivity (Wildman–Crippen MR) is 140 cm³/mol. The first-order valence-electron chi connectivity index (χ1n) is 10.8. The molecule has 178 valence electrons. The van der Waals surface area contributed by atoms with Crippen LogP contribution >= 0.6 is 0 Å². The van der Waals surface area contributed by atoms with Gasteiger partial charge in [-0.2, -0.15) is 10.2 Å². The number of hydrogen-bond acceptors (Lipinski definition) is 6. The molecule has 0 heterocycles. The lowest BCUT2D eigenvalue weighted by atomic mass is 10.1. The third kappa shape index (κ3) is 7.24. The molecule has 0 fully saturated rings. The zero-order valence-electron chi connectivity index (χ0n) is 20.0. The van der Waals surface area contributed by atoms with Crippen LogP contribution in [0.5, 0.6) is 23.0 Å². The Kier molecular flexibility index (Phi) is 10.9. The van der Waals surface area contributed by atoms with Crippen LogP contribution in [0.25, 0.3) is 0 Å². The average molecular weight is 461 g/mol. The molecule has 6 nitrogen and oxygen atoms in total. The number of hydrogen-bond donors (Lipinski definition) is 0. The van der Waals surface area contributed by atoms with Gasteiger partial charge in [-0.15, -0.1) is 13.2 Å². The van der Waals surface area contributed by atoms with Crippen LogP contribution < -0.4 is 18.9 Å². The van der Waals surface area contributed by atoms with E-state index in [9.17, 15) is 0 Å². The van der Waals surface area contributed by atoms with Crippen LogP contribution in [0.1, 0.15) is 22.3 Å². The van der Waals surface area contributed by atoms with Gasteiger partial charge in [0.15, 0.2) is 23.0 Å². The summed E-state index contributed by atoms with van der Waals surface area (Å²) in [4.78, 5) is 0. The highest BCUT2D eigenvalue weighted by Crippen LogP contribution is 2.34. The minimum Gasteiger partial charge on any atom is -0.493 e. The van der Waals surface area contributed by atoms with Gasteiger partial charge >= 0.3 is 0 Å². The zero-order chi connectivity index (χ0) is 24.8. The smallest absolute Gasteiger partial charge is 0.170 e. The molecule has 0 aliphatic heterocycles. The Balaban J connectivity index is 2.45. The normalized spacial score (nSPS) is 10.8. The maximum Gasteiger partial charge on any atom is 0.170 e. The van der Waals surface area contributed by atoms with Crippen LogP contribution in [0.4, 0.5) is 0 Å². The van der Waals surface area contributed by atoms with Crippen molar-refractivity contribution < 1.29 is 18.9 Å². The lowest BCUT2D eigenvalue weighted by molar-refractivity contribution is 0.326. The minimum absolute atomic E-state index is 0.334. The highest BCUT2D eigenvalue weighted by Gasteiger charge is 2.13. The molecular weight excluding hydrogens is 428 g/mol. The molecule has 0 amide bonds. The highest BCUT2D eigenvalue weighted by molar-refractivity contribution is 5.88. The Bertz CT molecular complexity index is 985. The highest BCUT2D eigenvalue weighted by atomic mass is 16.5. The molecule has 0 atom stereocenters. The summed E-state index contributed by atoms with van der Waals surface area (Å²) in [6.45, 7) is 15.7. The van der Waals surface area contributed by atoms with Crippen molar-refractivity contribution in [3.05, 3.63) is 97.1 Å². The van der Waals surface area contributed by atoms with Gasteiger partial charge in [0.2, 0.25) is 0 Å². The molecule has 2 rings (SSSR count). The Morgan fingerprint density at radius 3 is 1.38 bits per heavy atom. The number of ether oxygens (including phenoxy) is 4. The molecular formula is C28H32N2O4. The van der Waals surface area contributed by atoms with Crippen molar-refractivity contribution in [3.8, 4) is 23.0 Å². The maximum absolute atomic E-state index is 5.83. The molecule has 0 bridgehead atoms. The van der Waals surface area contributed by atoms with E-state index >= 15 is 0 Å². The molecule has 0 unspecified atom stereocenters. The van der Waals surface area contributed by atoms with E-state index in [-0.39, 0.29) is 0 Å². The molecule has 2 aromatic rings. The summed E-state index contributed by atoms with van der Waals surface area (Å²) in [5, 5.41) is 8.51. The van der Waals surface area contributed by atoms with Crippen LogP contribution in [-0.4, -0.2) is 39.9 Å². The fourth-order valence-corrected chi connectivity index (χ4v) is 3.21. The van der Waals surface area contributed by atoms with Crippen molar-refractivity contribution in [1.29, 1.82) is 0 Å². The van der Waals surface area contributed by atoms with Gasteiger partial charge in [0.1, 0.15) is 13.2 Å². The van der Waals surface area contributed by atoms with E-state index in [1.807, 2.05) is 36.4 Å². The molecule has 0 aromatic heterocycles. The Morgan fingerprint density at radius 1 is 0.647 bits per heavy atom. The van der Waals surface area contributed by atoms with Gasteiger partial charge in [-0.05, 0) is 48.2 Å². The lowest BCUT2D eigenvalue weighted by Crippen LogP contribution is -2.02. The fraction of sp³-hybridized carbons (Fsp3) is 0.214. The van der Waals surface area contributed by atoms with Gasteiger partial charge in [-0.25, -0.2) is 0 Å². The number of rotatable bonds is 15. The SMILES string of the molecule is C=CCOc1c(C=NN=Cc2cc(CC=C)cc(OC)c2OCC=C)cc(CC=C)cc1OC. The fourth-order valence-electron chi connectivity index (χ4n) is 3.21. The van der Waals surface area contributed by atoms with Crippen molar-refractivity contribution in [2.24, 2.45) is 10.2 Å². The summed E-state index contributed by atoms with van der Waals surface area (Å²) in [5.41, 5.74) is 3.50. The Morgan fingerprint density at radius 2 is 1.06 bits per heavy atom. The van der Waals surface area contributed by atoms with E-state index in [0.717, 1.165) is 22.3 Å². The quantitative estimate of drug-likeness (QED) is 0.193. The lowest BCUT2D eigenvalue weighted by Gasteiger charge is -2.14. The second-order valence-electron chi connectivity index (χ2n) is 7.11. The molecule has 0 saturated carbocycles. The number of benzene rings is 2. The van der Waals surface area contributed by atoms with E-state index < -0.39 is 0 Å². The van der Waals surface area contributed by atoms with Crippen molar-refractivity contribution in [2.75, 3.05) is 27.4 Å². The third-order valence-corrected chi connectivity index (χ3v) is 4.64. The second-order valence-corrected chi connectivity index (χ2v) is 7.11. The van der Waals surface area contributed by atoms with Crippen LogP contribution in [0.15, 0.2) is 85.1 Å². The largest absolute Gasteiger partial charge is 0.493 e. The first kappa shape index (κ1) is 26.2. The first-order chi connectivity index (χ1) is 16.6. The van der Waals surface area contributed by atoms with E-state index in [4.69, 9.17) is 18.9 Å². The molecule has 0 saturated heterocycles. The van der Waals surface area contributed by atoms with Gasteiger partial charge < -0.3 is 18.9 Å². The summed E-state index contributed by atoms with van der Waals surface area (Å²) in [6.07, 6.45) is 11.6. The standard InChI is InChI=1S/C28H32N2O4/c1-7-11-21-15-23(27(33-13-9-3)25(17-21)31-5)19-29-30-20-24-16-22(12-8-2)18-26(32-6)28(24)34-14-10-4/h7-10,15-20H,1-4,11-14H2,5-6H3. The number of allylic oxidation sites excluding steroid dienone is 2. The van der Waals surface area contributed by atoms with Crippen LogP contribution in [0.3, 0.4) is 0 Å². The third-order valence-electron chi connectivity index (χ3n) is 4.64. The van der Waals surface area contributed by atoms with Gasteiger partial charge in [-0.1, -0.05) is 37.5 Å². The molecule has 0 aliphatic rings. The topological polar surface area (TPSA) is 61.6 Å². The Labute approximate surface area is 202 Å².